The molecule has 0 radical (unpaired) electrons. The number of benzene rings is 2. The van der Waals surface area contributed by atoms with Gasteiger partial charge in [-0.3, -0.25) is 4.99 Å². The lowest BCUT2D eigenvalue weighted by atomic mass is 10.1. The normalized spacial score (nSPS) is 23.0. The Morgan fingerprint density at radius 1 is 1.00 bits per heavy atom. The maximum absolute atomic E-state index is 12.2. The molecule has 2 heterocycles. The predicted molar refractivity (Wildman–Crippen MR) is 119 cm³/mol. The van der Waals surface area contributed by atoms with Crippen molar-refractivity contribution in [3.05, 3.63) is 64.2 Å². The molecule has 0 aliphatic carbocycles. The quantitative estimate of drug-likeness (QED) is 0.755. The van der Waals surface area contributed by atoms with Gasteiger partial charge in [0.2, 0.25) is 0 Å². The number of rotatable bonds is 3. The van der Waals surface area contributed by atoms with Gasteiger partial charge >= 0.3 is 0 Å². The molecule has 0 aromatic heterocycles. The smallest absolute Gasteiger partial charge is 0.164 e. The summed E-state index contributed by atoms with van der Waals surface area (Å²) in [6, 6.07) is 12.6. The topological polar surface area (TPSA) is 49.7 Å². The molecule has 2 atom stereocenters. The number of thioether (sulfide) groups is 1. The van der Waals surface area contributed by atoms with Crippen molar-refractivity contribution >= 4 is 32.5 Å². The zero-order valence-corrected chi connectivity index (χ0v) is 18.4. The molecule has 1 fully saturated rings. The van der Waals surface area contributed by atoms with Crippen molar-refractivity contribution in [1.29, 1.82) is 0 Å². The van der Waals surface area contributed by atoms with Crippen molar-refractivity contribution < 1.29 is 8.42 Å². The first-order valence-corrected chi connectivity index (χ1v) is 12.4. The molecule has 4 nitrogen and oxygen atoms in total. The number of nitrogens with zero attached hydrogens (tertiary/aromatic N) is 2. The Kier molecular flexibility index (Phi) is 5.04. The molecule has 0 saturated carbocycles. The van der Waals surface area contributed by atoms with Crippen LogP contribution in [0.3, 0.4) is 0 Å². The molecule has 0 N–H and O–H groups in total. The van der Waals surface area contributed by atoms with E-state index in [9.17, 15) is 8.42 Å². The average Bonchev–Trinajstić information content (AvgIpc) is 3.09. The minimum absolute atomic E-state index is 0.0900. The maximum Gasteiger partial charge on any atom is 0.164 e. The summed E-state index contributed by atoms with van der Waals surface area (Å²) in [6.07, 6.45) is 0. The highest BCUT2D eigenvalue weighted by Crippen LogP contribution is 2.37. The second kappa shape index (κ2) is 7.23. The fourth-order valence-corrected chi connectivity index (χ4v) is 6.84. The number of fused-ring (bicyclic) bond motifs is 1. The van der Waals surface area contributed by atoms with Gasteiger partial charge in [-0.15, -0.1) is 0 Å². The highest BCUT2D eigenvalue weighted by atomic mass is 32.2. The summed E-state index contributed by atoms with van der Waals surface area (Å²) < 4.78 is 24.5. The number of hydrogen-bond donors (Lipinski definition) is 0. The molecule has 2 unspecified atom stereocenters. The van der Waals surface area contributed by atoms with Crippen LogP contribution in [0.5, 0.6) is 0 Å². The van der Waals surface area contributed by atoms with E-state index in [-0.39, 0.29) is 23.6 Å². The molecule has 2 aromatic rings. The number of hydrogen-bond acceptors (Lipinski definition) is 5. The van der Waals surface area contributed by atoms with Crippen LogP contribution < -0.4 is 4.90 Å². The van der Waals surface area contributed by atoms with Crippen molar-refractivity contribution in [3.8, 4) is 0 Å². The van der Waals surface area contributed by atoms with Crippen LogP contribution in [-0.4, -0.2) is 37.2 Å². The van der Waals surface area contributed by atoms with E-state index in [4.69, 9.17) is 4.99 Å². The Bertz CT molecular complexity index is 1060. The first-order chi connectivity index (χ1) is 13.2. The SMILES string of the molecule is Cc1ccc(C)c(N2C(SCc3ccc(C)c(C)c3)=NC3CS(=O)(=O)CC32)c1. The van der Waals surface area contributed by atoms with Gasteiger partial charge in [0.15, 0.2) is 15.0 Å². The zero-order valence-electron chi connectivity index (χ0n) is 16.8. The summed E-state index contributed by atoms with van der Waals surface area (Å²) in [7, 11) is -3.03. The van der Waals surface area contributed by atoms with Crippen LogP contribution in [0.25, 0.3) is 0 Å². The van der Waals surface area contributed by atoms with Crippen LogP contribution >= 0.6 is 11.8 Å². The summed E-state index contributed by atoms with van der Waals surface area (Å²) in [5.74, 6) is 1.17. The fraction of sp³-hybridized carbons (Fsp3) is 0.409. The van der Waals surface area contributed by atoms with Crippen LogP contribution in [0.2, 0.25) is 0 Å². The second-order valence-electron chi connectivity index (χ2n) is 7.99. The van der Waals surface area contributed by atoms with E-state index in [1.54, 1.807) is 11.8 Å². The third-order valence-corrected chi connectivity index (χ3v) is 8.41. The van der Waals surface area contributed by atoms with Crippen molar-refractivity contribution in [3.63, 3.8) is 0 Å². The van der Waals surface area contributed by atoms with Crippen LogP contribution in [0.4, 0.5) is 5.69 Å². The van der Waals surface area contributed by atoms with E-state index >= 15 is 0 Å². The molecule has 0 spiro atoms. The molecular weight excluding hydrogens is 388 g/mol. The first-order valence-electron chi connectivity index (χ1n) is 9.57. The van der Waals surface area contributed by atoms with Gasteiger partial charge in [-0.1, -0.05) is 42.1 Å². The number of sulfone groups is 1. The molecule has 2 aliphatic heterocycles. The number of anilines is 1. The van der Waals surface area contributed by atoms with Crippen molar-refractivity contribution in [1.82, 2.24) is 0 Å². The lowest BCUT2D eigenvalue weighted by molar-refractivity contribution is 0.601. The fourth-order valence-electron chi connectivity index (χ4n) is 3.94. The van der Waals surface area contributed by atoms with E-state index in [2.05, 4.69) is 69.0 Å². The van der Waals surface area contributed by atoms with E-state index < -0.39 is 9.84 Å². The van der Waals surface area contributed by atoms with Gasteiger partial charge in [0, 0.05) is 11.4 Å². The summed E-state index contributed by atoms with van der Waals surface area (Å²) >= 11 is 1.71. The van der Waals surface area contributed by atoms with Gasteiger partial charge in [0.05, 0.1) is 23.6 Å². The highest BCUT2D eigenvalue weighted by molar-refractivity contribution is 8.13. The van der Waals surface area contributed by atoms with E-state index in [0.717, 1.165) is 22.2 Å². The number of aryl methyl sites for hydroxylation is 4. The van der Waals surface area contributed by atoms with E-state index in [1.165, 1.54) is 22.3 Å². The number of aliphatic imine (C=N–C) groups is 1. The maximum atomic E-state index is 12.2. The Morgan fingerprint density at radius 2 is 1.75 bits per heavy atom. The summed E-state index contributed by atoms with van der Waals surface area (Å²) in [4.78, 5) is 7.04. The Hall–Kier alpha value is -1.79. The minimum atomic E-state index is -3.03. The Balaban J connectivity index is 1.65. The third kappa shape index (κ3) is 3.72. The predicted octanol–water partition coefficient (Wildman–Crippen LogP) is 4.20. The van der Waals surface area contributed by atoms with Crippen molar-refractivity contribution in [2.24, 2.45) is 4.99 Å². The van der Waals surface area contributed by atoms with E-state index in [0.29, 0.717) is 0 Å². The molecule has 1 saturated heterocycles. The molecule has 0 bridgehead atoms. The van der Waals surface area contributed by atoms with Crippen LogP contribution in [0.1, 0.15) is 27.8 Å². The van der Waals surface area contributed by atoms with Gasteiger partial charge in [-0.2, -0.15) is 0 Å². The van der Waals surface area contributed by atoms with Gasteiger partial charge in [0.1, 0.15) is 0 Å². The number of amidine groups is 1. The first kappa shape index (κ1) is 19.5. The molecule has 6 heteroatoms. The molecule has 2 aromatic carbocycles. The standard InChI is InChI=1S/C22H26N2O2S2/c1-14-5-6-16(3)20(9-14)24-21-13-28(25,26)12-19(21)23-22(24)27-11-18-8-7-15(2)17(4)10-18/h5-10,19,21H,11-13H2,1-4H3. The molecule has 2 aliphatic rings. The average molecular weight is 415 g/mol. The van der Waals surface area contributed by atoms with Gasteiger partial charge in [-0.05, 0) is 61.6 Å². The van der Waals surface area contributed by atoms with Crippen LogP contribution in [0, 0.1) is 27.7 Å². The summed E-state index contributed by atoms with van der Waals surface area (Å²) in [5, 5.41) is 0.942. The van der Waals surface area contributed by atoms with Crippen LogP contribution in [-0.2, 0) is 15.6 Å². The highest BCUT2D eigenvalue weighted by Gasteiger charge is 2.47. The Morgan fingerprint density at radius 3 is 2.50 bits per heavy atom. The lowest BCUT2D eigenvalue weighted by Gasteiger charge is -2.28. The molecule has 0 amide bonds. The van der Waals surface area contributed by atoms with E-state index in [1.807, 2.05) is 0 Å². The lowest BCUT2D eigenvalue weighted by Crippen LogP contribution is -2.39. The van der Waals surface area contributed by atoms with Crippen molar-refractivity contribution in [2.75, 3.05) is 16.4 Å². The summed E-state index contributed by atoms with van der Waals surface area (Å²) in [5.41, 5.74) is 7.25. The molecule has 148 valence electrons. The second-order valence-corrected chi connectivity index (χ2v) is 11.1. The van der Waals surface area contributed by atoms with Crippen molar-refractivity contribution in [2.45, 2.75) is 45.5 Å². The summed E-state index contributed by atoms with van der Waals surface area (Å²) in [6.45, 7) is 8.41. The largest absolute Gasteiger partial charge is 0.315 e. The van der Waals surface area contributed by atoms with Gasteiger partial charge in [-0.25, -0.2) is 8.42 Å². The zero-order chi connectivity index (χ0) is 20.1. The molecule has 4 rings (SSSR count). The Labute approximate surface area is 172 Å². The van der Waals surface area contributed by atoms with Gasteiger partial charge < -0.3 is 4.90 Å². The van der Waals surface area contributed by atoms with Crippen LogP contribution in [0.15, 0.2) is 41.4 Å². The minimum Gasteiger partial charge on any atom is -0.315 e. The monoisotopic (exact) mass is 414 g/mol. The van der Waals surface area contributed by atoms with Gasteiger partial charge in [0.25, 0.3) is 0 Å². The third-order valence-electron chi connectivity index (χ3n) is 5.67. The molecular formula is C22H26N2O2S2. The molecule has 28 heavy (non-hydrogen) atoms.